The summed E-state index contributed by atoms with van der Waals surface area (Å²) in [7, 11) is 0. The average molecular weight is 316 g/mol. The number of hydrogen-bond acceptors (Lipinski definition) is 3. The number of rotatable bonds is 7. The van der Waals surface area contributed by atoms with Crippen LogP contribution < -0.4 is 15.4 Å². The van der Waals surface area contributed by atoms with Gasteiger partial charge in [0, 0.05) is 12.7 Å². The minimum Gasteiger partial charge on any atom is -0.490 e. The maximum Gasteiger partial charge on any atom is 0.191 e. The van der Waals surface area contributed by atoms with E-state index in [1.54, 1.807) is 18.5 Å². The van der Waals surface area contributed by atoms with E-state index in [4.69, 9.17) is 4.74 Å². The number of hydrogen-bond donors (Lipinski definition) is 2. The van der Waals surface area contributed by atoms with Crippen LogP contribution in [-0.2, 0) is 6.54 Å². The normalized spacial score (nSPS) is 11.1. The number of aliphatic imine (C=N–C) groups is 1. The lowest BCUT2D eigenvalue weighted by atomic mass is 10.2. The van der Waals surface area contributed by atoms with Crippen LogP contribution in [0.25, 0.3) is 0 Å². The largest absolute Gasteiger partial charge is 0.490 e. The van der Waals surface area contributed by atoms with E-state index in [0.29, 0.717) is 25.7 Å². The summed E-state index contributed by atoms with van der Waals surface area (Å²) in [6, 6.07) is 10.1. The first kappa shape index (κ1) is 16.7. The molecule has 0 radical (unpaired) electrons. The zero-order chi connectivity index (χ0) is 16.3. The maximum absolute atomic E-state index is 13.1. The molecule has 0 aliphatic rings. The van der Waals surface area contributed by atoms with E-state index < -0.39 is 0 Å². The van der Waals surface area contributed by atoms with Gasteiger partial charge in [-0.3, -0.25) is 4.98 Å². The number of ether oxygens (including phenoxy) is 1. The minimum absolute atomic E-state index is 0.250. The molecule has 1 heterocycles. The smallest absolute Gasteiger partial charge is 0.191 e. The second kappa shape index (κ2) is 9.40. The Balaban J connectivity index is 1.79. The molecule has 6 heteroatoms. The van der Waals surface area contributed by atoms with E-state index in [1.807, 2.05) is 25.1 Å². The topological polar surface area (TPSA) is 58.5 Å². The Kier molecular flexibility index (Phi) is 6.84. The van der Waals surface area contributed by atoms with Crippen LogP contribution in [0.3, 0.4) is 0 Å². The lowest BCUT2D eigenvalue weighted by Crippen LogP contribution is -2.39. The van der Waals surface area contributed by atoms with Crippen molar-refractivity contribution in [2.75, 3.05) is 19.7 Å². The Hall–Kier alpha value is -2.63. The van der Waals surface area contributed by atoms with Gasteiger partial charge in [0.25, 0.3) is 0 Å². The van der Waals surface area contributed by atoms with Gasteiger partial charge in [0.2, 0.25) is 0 Å². The number of halogens is 1. The highest BCUT2D eigenvalue weighted by Gasteiger charge is 1.99. The SMILES string of the molecule is CCNC(=NCc1cccc(F)c1)NCCOc1cccnc1. The molecule has 0 saturated heterocycles. The van der Waals surface area contributed by atoms with Crippen LogP contribution in [-0.4, -0.2) is 30.6 Å². The molecule has 1 aromatic heterocycles. The van der Waals surface area contributed by atoms with Gasteiger partial charge in [-0.15, -0.1) is 0 Å². The summed E-state index contributed by atoms with van der Waals surface area (Å²) in [5.41, 5.74) is 0.828. The predicted octanol–water partition coefficient (Wildman–Crippen LogP) is 2.35. The van der Waals surface area contributed by atoms with Crippen LogP contribution in [0.2, 0.25) is 0 Å². The summed E-state index contributed by atoms with van der Waals surface area (Å²) >= 11 is 0. The molecule has 0 atom stereocenters. The van der Waals surface area contributed by atoms with E-state index in [9.17, 15) is 4.39 Å². The van der Waals surface area contributed by atoms with Crippen LogP contribution in [0, 0.1) is 5.82 Å². The zero-order valence-electron chi connectivity index (χ0n) is 13.1. The van der Waals surface area contributed by atoms with Crippen molar-refractivity contribution in [1.82, 2.24) is 15.6 Å². The van der Waals surface area contributed by atoms with Gasteiger partial charge in [0.1, 0.15) is 18.2 Å². The third-order valence-corrected chi connectivity index (χ3v) is 2.95. The number of nitrogens with zero attached hydrogens (tertiary/aromatic N) is 2. The van der Waals surface area contributed by atoms with Gasteiger partial charge in [0.15, 0.2) is 5.96 Å². The number of nitrogens with one attached hydrogen (secondary N) is 2. The van der Waals surface area contributed by atoms with Crippen molar-refractivity contribution in [2.45, 2.75) is 13.5 Å². The van der Waals surface area contributed by atoms with E-state index in [-0.39, 0.29) is 5.82 Å². The Morgan fingerprint density at radius 2 is 2.17 bits per heavy atom. The Labute approximate surface area is 135 Å². The zero-order valence-corrected chi connectivity index (χ0v) is 13.1. The van der Waals surface area contributed by atoms with Gasteiger partial charge in [-0.2, -0.15) is 0 Å². The molecule has 5 nitrogen and oxygen atoms in total. The average Bonchev–Trinajstić information content (AvgIpc) is 2.57. The van der Waals surface area contributed by atoms with Crippen LogP contribution in [0.4, 0.5) is 4.39 Å². The fourth-order valence-electron chi connectivity index (χ4n) is 1.92. The summed E-state index contributed by atoms with van der Waals surface area (Å²) in [6.07, 6.45) is 3.37. The molecule has 2 rings (SSSR count). The number of benzene rings is 1. The van der Waals surface area contributed by atoms with Crippen molar-refractivity contribution in [2.24, 2.45) is 4.99 Å². The van der Waals surface area contributed by atoms with Crippen molar-refractivity contribution in [3.05, 3.63) is 60.2 Å². The minimum atomic E-state index is -0.250. The predicted molar refractivity (Wildman–Crippen MR) is 89.0 cm³/mol. The van der Waals surface area contributed by atoms with Crippen molar-refractivity contribution < 1.29 is 9.13 Å². The summed E-state index contributed by atoms with van der Waals surface area (Å²) in [4.78, 5) is 8.42. The molecule has 0 amide bonds. The van der Waals surface area contributed by atoms with E-state index >= 15 is 0 Å². The summed E-state index contributed by atoms with van der Waals surface area (Å²) < 4.78 is 18.7. The highest BCUT2D eigenvalue weighted by atomic mass is 19.1. The van der Waals surface area contributed by atoms with Crippen molar-refractivity contribution >= 4 is 5.96 Å². The Morgan fingerprint density at radius 1 is 1.26 bits per heavy atom. The van der Waals surface area contributed by atoms with Crippen molar-refractivity contribution in [3.63, 3.8) is 0 Å². The standard InChI is InChI=1S/C17H21FN4O/c1-2-20-17(22-12-14-5-3-6-15(18)11-14)21-9-10-23-16-7-4-8-19-13-16/h3-8,11,13H,2,9-10,12H2,1H3,(H2,20,21,22). The van der Waals surface area contributed by atoms with Crippen LogP contribution >= 0.6 is 0 Å². The van der Waals surface area contributed by atoms with Gasteiger partial charge in [0.05, 0.1) is 19.3 Å². The third kappa shape index (κ3) is 6.34. The molecule has 1 aromatic carbocycles. The quantitative estimate of drug-likeness (QED) is 0.468. The van der Waals surface area contributed by atoms with E-state index in [2.05, 4.69) is 20.6 Å². The van der Waals surface area contributed by atoms with Crippen molar-refractivity contribution in [1.29, 1.82) is 0 Å². The second-order valence-corrected chi connectivity index (χ2v) is 4.79. The maximum atomic E-state index is 13.1. The highest BCUT2D eigenvalue weighted by molar-refractivity contribution is 5.79. The fraction of sp³-hybridized carbons (Fsp3) is 0.294. The molecule has 23 heavy (non-hydrogen) atoms. The Morgan fingerprint density at radius 3 is 2.91 bits per heavy atom. The molecule has 0 spiro atoms. The van der Waals surface area contributed by atoms with Gasteiger partial charge in [-0.1, -0.05) is 12.1 Å². The molecule has 0 fully saturated rings. The van der Waals surface area contributed by atoms with Crippen molar-refractivity contribution in [3.8, 4) is 5.75 Å². The van der Waals surface area contributed by atoms with Crippen LogP contribution in [0.5, 0.6) is 5.75 Å². The molecule has 2 aromatic rings. The molecule has 0 aliphatic carbocycles. The number of aromatic nitrogens is 1. The fourth-order valence-corrected chi connectivity index (χ4v) is 1.92. The lowest BCUT2D eigenvalue weighted by molar-refractivity contribution is 0.320. The summed E-state index contributed by atoms with van der Waals surface area (Å²) in [5, 5.41) is 6.32. The summed E-state index contributed by atoms with van der Waals surface area (Å²) in [6.45, 7) is 4.25. The number of pyridine rings is 1. The molecule has 0 saturated carbocycles. The molecule has 0 aliphatic heterocycles. The molecule has 122 valence electrons. The summed E-state index contributed by atoms with van der Waals surface area (Å²) in [5.74, 6) is 1.16. The van der Waals surface area contributed by atoms with Crippen LogP contribution in [0.15, 0.2) is 53.8 Å². The molecule has 0 bridgehead atoms. The Bertz CT molecular complexity index is 619. The van der Waals surface area contributed by atoms with E-state index in [0.717, 1.165) is 17.9 Å². The monoisotopic (exact) mass is 316 g/mol. The van der Waals surface area contributed by atoms with Gasteiger partial charge >= 0.3 is 0 Å². The first-order valence-corrected chi connectivity index (χ1v) is 7.57. The third-order valence-electron chi connectivity index (χ3n) is 2.95. The van der Waals surface area contributed by atoms with Gasteiger partial charge in [-0.05, 0) is 36.8 Å². The molecular formula is C17H21FN4O. The van der Waals surface area contributed by atoms with Gasteiger partial charge < -0.3 is 15.4 Å². The highest BCUT2D eigenvalue weighted by Crippen LogP contribution is 2.05. The van der Waals surface area contributed by atoms with Crippen LogP contribution in [0.1, 0.15) is 12.5 Å². The van der Waals surface area contributed by atoms with Gasteiger partial charge in [-0.25, -0.2) is 9.38 Å². The molecule has 2 N–H and O–H groups in total. The molecule has 0 unspecified atom stereocenters. The first-order valence-electron chi connectivity index (χ1n) is 7.57. The first-order chi connectivity index (χ1) is 11.3. The molecular weight excluding hydrogens is 295 g/mol. The second-order valence-electron chi connectivity index (χ2n) is 4.79. The number of guanidine groups is 1. The lowest BCUT2D eigenvalue weighted by Gasteiger charge is -2.12. The van der Waals surface area contributed by atoms with E-state index in [1.165, 1.54) is 12.1 Å².